The van der Waals surface area contributed by atoms with E-state index in [2.05, 4.69) is 11.4 Å². The van der Waals surface area contributed by atoms with Gasteiger partial charge < -0.3 is 9.80 Å². The Hall–Kier alpha value is -1.85. The second-order valence-electron chi connectivity index (χ2n) is 7.80. The molecule has 1 aromatic heterocycles. The fourth-order valence-electron chi connectivity index (χ4n) is 3.67. The molecule has 0 spiro atoms. The highest BCUT2D eigenvalue weighted by Gasteiger charge is 2.34. The Morgan fingerprint density at radius 3 is 2.46 bits per heavy atom. The summed E-state index contributed by atoms with van der Waals surface area (Å²) in [6.45, 7) is 8.42. The zero-order valence-electron chi connectivity index (χ0n) is 16.8. The van der Waals surface area contributed by atoms with Crippen LogP contribution in [0.4, 0.5) is 0 Å². The van der Waals surface area contributed by atoms with E-state index in [-0.39, 0.29) is 36.4 Å². The highest BCUT2D eigenvalue weighted by Crippen LogP contribution is 2.38. The molecule has 1 unspecified atom stereocenters. The predicted octanol–water partition coefficient (Wildman–Crippen LogP) is 4.77. The maximum Gasteiger partial charge on any atom is 0.243 e. The average molecular weight is 419 g/mol. The Kier molecular flexibility index (Phi) is 6.46. The number of halogens is 1. The maximum absolute atomic E-state index is 13.3. The molecule has 0 radical (unpaired) electrons. The lowest BCUT2D eigenvalue weighted by Gasteiger charge is -2.38. The number of carbonyl (C=O) groups excluding carboxylic acids is 2. The van der Waals surface area contributed by atoms with E-state index in [9.17, 15) is 9.59 Å². The van der Waals surface area contributed by atoms with Crippen LogP contribution in [0.25, 0.3) is 0 Å². The summed E-state index contributed by atoms with van der Waals surface area (Å²) in [4.78, 5) is 30.9. The Balaban J connectivity index is 1.91. The van der Waals surface area contributed by atoms with E-state index in [1.165, 1.54) is 10.4 Å². The lowest BCUT2D eigenvalue weighted by Crippen LogP contribution is -2.49. The van der Waals surface area contributed by atoms with Gasteiger partial charge in [-0.25, -0.2) is 0 Å². The molecule has 28 heavy (non-hydrogen) atoms. The summed E-state index contributed by atoms with van der Waals surface area (Å²) in [6.07, 6.45) is 0.850. The third-order valence-corrected chi connectivity index (χ3v) is 6.43. The summed E-state index contributed by atoms with van der Waals surface area (Å²) in [6, 6.07) is 9.65. The number of fused-ring (bicyclic) bond motifs is 1. The van der Waals surface area contributed by atoms with Crippen LogP contribution in [-0.4, -0.2) is 40.7 Å². The van der Waals surface area contributed by atoms with Gasteiger partial charge in [0, 0.05) is 28.4 Å². The summed E-state index contributed by atoms with van der Waals surface area (Å²) in [5.74, 6) is -0.133. The van der Waals surface area contributed by atoms with Crippen molar-refractivity contribution in [1.29, 1.82) is 0 Å². The highest BCUT2D eigenvalue weighted by molar-refractivity contribution is 7.10. The van der Waals surface area contributed by atoms with Gasteiger partial charge in [-0.3, -0.25) is 9.59 Å². The molecular formula is C22H27ClN2O2S. The van der Waals surface area contributed by atoms with E-state index < -0.39 is 0 Å². The molecule has 0 bridgehead atoms. The lowest BCUT2D eigenvalue weighted by atomic mass is 9.93. The van der Waals surface area contributed by atoms with Crippen molar-refractivity contribution >= 4 is 34.8 Å². The minimum absolute atomic E-state index is 0.0135. The molecule has 0 aliphatic carbocycles. The summed E-state index contributed by atoms with van der Waals surface area (Å²) < 4.78 is 0. The topological polar surface area (TPSA) is 40.6 Å². The molecule has 2 amide bonds. The fourth-order valence-corrected chi connectivity index (χ4v) is 4.70. The summed E-state index contributed by atoms with van der Waals surface area (Å²) in [7, 11) is 0. The van der Waals surface area contributed by atoms with Crippen molar-refractivity contribution in [2.24, 2.45) is 5.92 Å². The van der Waals surface area contributed by atoms with Gasteiger partial charge in [0.25, 0.3) is 0 Å². The molecular weight excluding hydrogens is 392 g/mol. The van der Waals surface area contributed by atoms with Crippen molar-refractivity contribution < 1.29 is 9.59 Å². The number of thiophene rings is 1. The van der Waals surface area contributed by atoms with Gasteiger partial charge in [-0.15, -0.1) is 11.3 Å². The zero-order chi connectivity index (χ0) is 20.4. The second-order valence-corrected chi connectivity index (χ2v) is 9.24. The molecule has 1 aliphatic heterocycles. The molecule has 1 aliphatic rings. The van der Waals surface area contributed by atoms with Crippen molar-refractivity contribution in [1.82, 2.24) is 9.80 Å². The molecule has 1 aromatic carbocycles. The normalized spacial score (nSPS) is 16.4. The van der Waals surface area contributed by atoms with Gasteiger partial charge >= 0.3 is 0 Å². The monoisotopic (exact) mass is 418 g/mol. The Morgan fingerprint density at radius 1 is 1.18 bits per heavy atom. The summed E-state index contributed by atoms with van der Waals surface area (Å²) >= 11 is 7.81. The molecule has 2 aromatic rings. The Bertz CT molecular complexity index is 844. The van der Waals surface area contributed by atoms with Crippen LogP contribution >= 0.6 is 22.9 Å². The molecule has 150 valence electrons. The van der Waals surface area contributed by atoms with Gasteiger partial charge in [-0.2, -0.15) is 0 Å². The van der Waals surface area contributed by atoms with E-state index in [1.807, 2.05) is 56.9 Å². The first-order valence-corrected chi connectivity index (χ1v) is 11.0. The van der Waals surface area contributed by atoms with Gasteiger partial charge in [0.2, 0.25) is 11.8 Å². The molecule has 4 nitrogen and oxygen atoms in total. The smallest absolute Gasteiger partial charge is 0.243 e. The Labute approximate surface area is 176 Å². The van der Waals surface area contributed by atoms with Crippen LogP contribution in [0.3, 0.4) is 0 Å². The number of hydrogen-bond acceptors (Lipinski definition) is 3. The first-order valence-electron chi connectivity index (χ1n) is 9.71. The first-order chi connectivity index (χ1) is 13.3. The van der Waals surface area contributed by atoms with Crippen molar-refractivity contribution in [3.63, 3.8) is 0 Å². The SMILES string of the molecule is CC(C)C(=O)N(CC(=O)N1CCc2sccc2C1c1ccc(Cl)cc1)C(C)C. The standard InChI is InChI=1S/C22H27ClN2O2S/c1-14(2)22(27)25(15(3)4)13-20(26)24-11-9-19-18(10-12-28-19)21(24)16-5-7-17(23)8-6-16/h5-8,10,12,14-15,21H,9,11,13H2,1-4H3. The maximum atomic E-state index is 13.3. The minimum Gasteiger partial charge on any atom is -0.331 e. The molecule has 0 saturated heterocycles. The Morgan fingerprint density at radius 2 is 1.86 bits per heavy atom. The van der Waals surface area contributed by atoms with E-state index >= 15 is 0 Å². The largest absolute Gasteiger partial charge is 0.331 e. The molecule has 3 rings (SSSR count). The quantitative estimate of drug-likeness (QED) is 0.701. The van der Waals surface area contributed by atoms with Gasteiger partial charge in [0.05, 0.1) is 6.04 Å². The van der Waals surface area contributed by atoms with Crippen LogP contribution in [0.5, 0.6) is 0 Å². The number of carbonyl (C=O) groups is 2. The van der Waals surface area contributed by atoms with Gasteiger partial charge in [-0.1, -0.05) is 37.6 Å². The third-order valence-electron chi connectivity index (χ3n) is 5.18. The van der Waals surface area contributed by atoms with Crippen LogP contribution in [0.15, 0.2) is 35.7 Å². The van der Waals surface area contributed by atoms with E-state index in [0.29, 0.717) is 11.6 Å². The number of rotatable bonds is 5. The number of nitrogens with zero attached hydrogens (tertiary/aromatic N) is 2. The number of amides is 2. The van der Waals surface area contributed by atoms with Crippen LogP contribution in [0, 0.1) is 5.92 Å². The van der Waals surface area contributed by atoms with Crippen LogP contribution in [-0.2, 0) is 16.0 Å². The molecule has 0 fully saturated rings. The molecule has 2 heterocycles. The minimum atomic E-state index is -0.136. The lowest BCUT2D eigenvalue weighted by molar-refractivity contribution is -0.145. The van der Waals surface area contributed by atoms with E-state index in [0.717, 1.165) is 12.0 Å². The summed E-state index contributed by atoms with van der Waals surface area (Å²) in [5.41, 5.74) is 2.22. The van der Waals surface area contributed by atoms with Crippen LogP contribution in [0.2, 0.25) is 5.02 Å². The van der Waals surface area contributed by atoms with E-state index in [1.54, 1.807) is 16.2 Å². The van der Waals surface area contributed by atoms with Crippen LogP contribution < -0.4 is 0 Å². The van der Waals surface area contributed by atoms with Gasteiger partial charge in [0.1, 0.15) is 6.54 Å². The van der Waals surface area contributed by atoms with E-state index in [4.69, 9.17) is 11.6 Å². The fraction of sp³-hybridized carbons (Fsp3) is 0.455. The highest BCUT2D eigenvalue weighted by atomic mass is 35.5. The average Bonchev–Trinajstić information content (AvgIpc) is 3.13. The third kappa shape index (κ3) is 4.26. The van der Waals surface area contributed by atoms with Gasteiger partial charge in [-0.05, 0) is 55.0 Å². The molecule has 0 saturated carbocycles. The number of benzene rings is 1. The number of hydrogen-bond donors (Lipinski definition) is 0. The first kappa shape index (κ1) is 20.9. The van der Waals surface area contributed by atoms with Gasteiger partial charge in [0.15, 0.2) is 0 Å². The second kappa shape index (κ2) is 8.66. The predicted molar refractivity (Wildman–Crippen MR) is 115 cm³/mol. The molecule has 1 atom stereocenters. The zero-order valence-corrected chi connectivity index (χ0v) is 18.4. The van der Waals surface area contributed by atoms with Crippen molar-refractivity contribution in [3.8, 4) is 0 Å². The molecule has 6 heteroatoms. The van der Waals surface area contributed by atoms with Crippen molar-refractivity contribution in [3.05, 3.63) is 56.7 Å². The summed E-state index contributed by atoms with van der Waals surface area (Å²) in [5, 5.41) is 2.76. The van der Waals surface area contributed by atoms with Crippen molar-refractivity contribution in [2.75, 3.05) is 13.1 Å². The molecule has 0 N–H and O–H groups in total. The van der Waals surface area contributed by atoms with Crippen molar-refractivity contribution in [2.45, 2.75) is 46.2 Å². The van der Waals surface area contributed by atoms with Crippen LogP contribution in [0.1, 0.15) is 49.7 Å².